The van der Waals surface area contributed by atoms with E-state index in [1.54, 1.807) is 0 Å². The quantitative estimate of drug-likeness (QED) is 0.907. The average Bonchev–Trinajstić information content (AvgIpc) is 3.08. The second-order valence-corrected chi connectivity index (χ2v) is 7.59. The maximum absolute atomic E-state index is 11.6. The van der Waals surface area contributed by atoms with E-state index in [4.69, 9.17) is 0 Å². The van der Waals surface area contributed by atoms with Crippen molar-refractivity contribution in [2.24, 2.45) is 11.8 Å². The highest BCUT2D eigenvalue weighted by molar-refractivity contribution is 5.26. The molecule has 4 atom stereocenters. The zero-order chi connectivity index (χ0) is 16.6. The minimum Gasteiger partial charge on any atom is -0.385 e. The highest BCUT2D eigenvalue weighted by atomic mass is 16.3. The summed E-state index contributed by atoms with van der Waals surface area (Å²) < 4.78 is 0. The van der Waals surface area contributed by atoms with Gasteiger partial charge >= 0.3 is 0 Å². The molecular weight excluding hydrogens is 294 g/mol. The average molecular weight is 321 g/mol. The number of hydrogen-bond donors (Lipinski definition) is 1. The van der Waals surface area contributed by atoms with E-state index in [-0.39, 0.29) is 0 Å². The van der Waals surface area contributed by atoms with Gasteiger partial charge in [-0.25, -0.2) is 0 Å². The van der Waals surface area contributed by atoms with Gasteiger partial charge in [0.05, 0.1) is 5.60 Å². The third kappa shape index (κ3) is 2.68. The van der Waals surface area contributed by atoms with Crippen LogP contribution in [0.25, 0.3) is 0 Å². The van der Waals surface area contributed by atoms with Gasteiger partial charge in [-0.3, -0.25) is 4.90 Å². The van der Waals surface area contributed by atoms with Crippen molar-refractivity contribution in [1.82, 2.24) is 4.90 Å². The molecule has 0 bridgehead atoms. The fraction of sp³-hybridized carbons (Fsp3) is 0.455. The molecule has 0 amide bonds. The lowest BCUT2D eigenvalue weighted by Gasteiger charge is -2.41. The Balaban J connectivity index is 1.59. The summed E-state index contributed by atoms with van der Waals surface area (Å²) in [6.45, 7) is 4.40. The Morgan fingerprint density at radius 1 is 1.00 bits per heavy atom. The van der Waals surface area contributed by atoms with E-state index in [1.807, 2.05) is 6.07 Å². The van der Waals surface area contributed by atoms with Gasteiger partial charge in [0.1, 0.15) is 0 Å². The van der Waals surface area contributed by atoms with Crippen LogP contribution < -0.4 is 0 Å². The number of fused-ring (bicyclic) bond motifs is 1. The van der Waals surface area contributed by atoms with E-state index in [1.165, 1.54) is 12.0 Å². The predicted molar refractivity (Wildman–Crippen MR) is 97.6 cm³/mol. The number of rotatable bonds is 3. The van der Waals surface area contributed by atoms with Crippen LogP contribution in [0.4, 0.5) is 0 Å². The Morgan fingerprint density at radius 2 is 1.67 bits per heavy atom. The van der Waals surface area contributed by atoms with Crippen molar-refractivity contribution in [3.05, 3.63) is 71.8 Å². The van der Waals surface area contributed by atoms with Crippen LogP contribution in [0, 0.1) is 11.8 Å². The molecule has 126 valence electrons. The number of likely N-dealkylation sites (tertiary alicyclic amines) is 1. The van der Waals surface area contributed by atoms with Crippen molar-refractivity contribution in [2.75, 3.05) is 13.1 Å². The largest absolute Gasteiger partial charge is 0.385 e. The molecule has 1 aliphatic carbocycles. The first-order valence-electron chi connectivity index (χ1n) is 9.25. The van der Waals surface area contributed by atoms with Gasteiger partial charge in [-0.05, 0) is 43.2 Å². The Hall–Kier alpha value is -1.64. The van der Waals surface area contributed by atoms with Crippen molar-refractivity contribution in [3.8, 4) is 0 Å². The summed E-state index contributed by atoms with van der Waals surface area (Å²) in [5.41, 5.74) is 1.82. The normalized spacial score (nSPS) is 31.6. The molecule has 2 aliphatic rings. The Bertz CT molecular complexity index is 671. The van der Waals surface area contributed by atoms with Gasteiger partial charge in [-0.2, -0.15) is 0 Å². The van der Waals surface area contributed by atoms with Crippen molar-refractivity contribution >= 4 is 0 Å². The monoisotopic (exact) mass is 321 g/mol. The summed E-state index contributed by atoms with van der Waals surface area (Å²) in [7, 11) is 0. The van der Waals surface area contributed by atoms with Crippen molar-refractivity contribution in [2.45, 2.75) is 37.8 Å². The van der Waals surface area contributed by atoms with Gasteiger partial charge in [0, 0.05) is 25.0 Å². The van der Waals surface area contributed by atoms with Gasteiger partial charge < -0.3 is 5.11 Å². The number of hydrogen-bond acceptors (Lipinski definition) is 2. The van der Waals surface area contributed by atoms with Gasteiger partial charge in [-0.1, -0.05) is 60.7 Å². The first-order chi connectivity index (χ1) is 11.7. The second kappa shape index (κ2) is 6.34. The maximum atomic E-state index is 11.6. The molecule has 1 heterocycles. The minimum atomic E-state index is -0.657. The van der Waals surface area contributed by atoms with Crippen molar-refractivity contribution < 1.29 is 5.11 Å². The summed E-state index contributed by atoms with van der Waals surface area (Å²) in [6.07, 6.45) is 3.27. The van der Waals surface area contributed by atoms with Crippen LogP contribution >= 0.6 is 0 Å². The van der Waals surface area contributed by atoms with E-state index < -0.39 is 5.60 Å². The van der Waals surface area contributed by atoms with Crippen molar-refractivity contribution in [3.63, 3.8) is 0 Å². The van der Waals surface area contributed by atoms with Gasteiger partial charge in [0.2, 0.25) is 0 Å². The van der Waals surface area contributed by atoms with Crippen LogP contribution in [0.2, 0.25) is 0 Å². The zero-order valence-electron chi connectivity index (χ0n) is 14.4. The molecule has 0 radical (unpaired) electrons. The molecule has 0 aromatic heterocycles. The molecule has 1 N–H and O–H groups in total. The molecule has 2 aromatic rings. The summed E-state index contributed by atoms with van der Waals surface area (Å²) in [5, 5.41) is 11.6. The summed E-state index contributed by atoms with van der Waals surface area (Å²) in [4.78, 5) is 2.57. The van der Waals surface area contributed by atoms with Gasteiger partial charge in [0.15, 0.2) is 0 Å². The SMILES string of the molecule is CC(c1ccccc1)N1C[C@H]2CCC[C@](O)(c3ccccc3)[C@H]2C1. The van der Waals surface area contributed by atoms with Crippen LogP contribution in [-0.4, -0.2) is 23.1 Å². The summed E-state index contributed by atoms with van der Waals surface area (Å²) in [6, 6.07) is 21.5. The Labute approximate surface area is 145 Å². The maximum Gasteiger partial charge on any atom is 0.0939 e. The number of aliphatic hydroxyl groups is 1. The fourth-order valence-electron chi connectivity index (χ4n) is 4.90. The molecule has 1 saturated heterocycles. The Morgan fingerprint density at radius 3 is 2.38 bits per heavy atom. The number of benzene rings is 2. The lowest BCUT2D eigenvalue weighted by atomic mass is 9.67. The highest BCUT2D eigenvalue weighted by Crippen LogP contribution is 2.49. The van der Waals surface area contributed by atoms with E-state index in [2.05, 4.69) is 66.4 Å². The molecule has 2 heteroatoms. The first-order valence-corrected chi connectivity index (χ1v) is 9.25. The molecular formula is C22H27NO. The predicted octanol–water partition coefficient (Wildman–Crippen LogP) is 4.37. The topological polar surface area (TPSA) is 23.5 Å². The molecule has 1 unspecified atom stereocenters. The highest BCUT2D eigenvalue weighted by Gasteiger charge is 2.50. The third-order valence-corrected chi connectivity index (χ3v) is 6.32. The molecule has 1 saturated carbocycles. The molecule has 24 heavy (non-hydrogen) atoms. The van der Waals surface area contributed by atoms with Gasteiger partial charge in [-0.15, -0.1) is 0 Å². The van der Waals surface area contributed by atoms with Gasteiger partial charge in [0.25, 0.3) is 0 Å². The third-order valence-electron chi connectivity index (χ3n) is 6.32. The van der Waals surface area contributed by atoms with Crippen LogP contribution in [0.1, 0.15) is 43.4 Å². The lowest BCUT2D eigenvalue weighted by Crippen LogP contribution is -2.42. The molecule has 4 rings (SSSR count). The first kappa shape index (κ1) is 15.9. The molecule has 2 aromatic carbocycles. The van der Waals surface area contributed by atoms with E-state index >= 15 is 0 Å². The summed E-state index contributed by atoms with van der Waals surface area (Å²) in [5.74, 6) is 0.954. The summed E-state index contributed by atoms with van der Waals surface area (Å²) >= 11 is 0. The zero-order valence-corrected chi connectivity index (χ0v) is 14.4. The molecule has 2 nitrogen and oxygen atoms in total. The molecule has 1 aliphatic heterocycles. The lowest BCUT2D eigenvalue weighted by molar-refractivity contribution is -0.0651. The van der Waals surface area contributed by atoms with Crippen LogP contribution in [0.5, 0.6) is 0 Å². The van der Waals surface area contributed by atoms with Crippen LogP contribution in [-0.2, 0) is 5.60 Å². The van der Waals surface area contributed by atoms with E-state index in [9.17, 15) is 5.11 Å². The number of nitrogens with zero attached hydrogens (tertiary/aromatic N) is 1. The fourth-order valence-corrected chi connectivity index (χ4v) is 4.90. The smallest absolute Gasteiger partial charge is 0.0939 e. The second-order valence-electron chi connectivity index (χ2n) is 7.59. The van der Waals surface area contributed by atoms with Crippen LogP contribution in [0.3, 0.4) is 0 Å². The molecule has 2 fully saturated rings. The standard InChI is InChI=1S/C22H27NO/c1-17(18-9-4-2-5-10-18)23-15-19-11-8-14-22(24,21(19)16-23)20-12-6-3-7-13-20/h2-7,9-10,12-13,17,19,21,24H,8,11,14-16H2,1H3/t17?,19-,21+,22+/m1/s1. The van der Waals surface area contributed by atoms with E-state index in [0.29, 0.717) is 17.9 Å². The van der Waals surface area contributed by atoms with E-state index in [0.717, 1.165) is 31.5 Å². The molecule has 0 spiro atoms. The van der Waals surface area contributed by atoms with Crippen LogP contribution in [0.15, 0.2) is 60.7 Å². The van der Waals surface area contributed by atoms with Crippen molar-refractivity contribution in [1.29, 1.82) is 0 Å². The Kier molecular flexibility index (Phi) is 4.19. The minimum absolute atomic E-state index is 0.347.